The van der Waals surface area contributed by atoms with E-state index < -0.39 is 23.3 Å². The van der Waals surface area contributed by atoms with Crippen LogP contribution in [-0.4, -0.2) is 40.1 Å². The Kier molecular flexibility index (Phi) is 9.69. The smallest absolute Gasteiger partial charge is 0.420 e. The van der Waals surface area contributed by atoms with Crippen molar-refractivity contribution >= 4 is 44.4 Å². The summed E-state index contributed by atoms with van der Waals surface area (Å²) < 4.78 is 57.3. The fourth-order valence-electron chi connectivity index (χ4n) is 6.91. The molecule has 3 aromatic carbocycles. The normalized spacial score (nSPS) is 15.3. The number of nitrogens with zero attached hydrogens (tertiary/aromatic N) is 3. The molecule has 1 fully saturated rings. The van der Waals surface area contributed by atoms with Crippen LogP contribution in [0.2, 0.25) is 0 Å². The second-order valence-corrected chi connectivity index (χ2v) is 15.2. The number of halogens is 3. The van der Waals surface area contributed by atoms with Gasteiger partial charge in [-0.15, -0.1) is 0 Å². The van der Waals surface area contributed by atoms with Gasteiger partial charge in [0.15, 0.2) is 10.8 Å². The highest BCUT2D eigenvalue weighted by atomic mass is 32.1. The van der Waals surface area contributed by atoms with Gasteiger partial charge in [-0.05, 0) is 100 Å². The number of anilines is 2. The highest BCUT2D eigenvalue weighted by Gasteiger charge is 2.39. The van der Waals surface area contributed by atoms with E-state index >= 15 is 0 Å². The fourth-order valence-corrected chi connectivity index (χ4v) is 7.77. The number of fused-ring (bicyclic) bond motifs is 2. The Hall–Kier alpha value is -4.97. The Morgan fingerprint density at radius 3 is 2.40 bits per heavy atom. The topological polar surface area (TPSA) is 93.7 Å². The van der Waals surface area contributed by atoms with Gasteiger partial charge in [0.05, 0.1) is 16.3 Å². The SMILES string of the molecule is CC(C)(C)OC(=O)c1nc(N2CCc3cccc(C(=O)Nc4nc5ccccc5s4)c3C2)ccc1-c1cccc(OC2CCCCC2)c1C(F)(F)F. The van der Waals surface area contributed by atoms with E-state index in [0.717, 1.165) is 40.6 Å². The molecule has 0 bridgehead atoms. The van der Waals surface area contributed by atoms with Crippen molar-refractivity contribution in [2.75, 3.05) is 16.8 Å². The molecule has 12 heteroatoms. The summed E-state index contributed by atoms with van der Waals surface area (Å²) in [6.07, 6.45) is -0.302. The first kappa shape index (κ1) is 35.4. The van der Waals surface area contributed by atoms with E-state index in [1.807, 2.05) is 41.3 Å². The van der Waals surface area contributed by atoms with Crippen LogP contribution in [0.1, 0.15) is 90.4 Å². The van der Waals surface area contributed by atoms with Gasteiger partial charge in [0.1, 0.15) is 22.7 Å². The highest BCUT2D eigenvalue weighted by molar-refractivity contribution is 7.22. The number of carbonyl (C=O) groups is 2. The second kappa shape index (κ2) is 14.2. The number of hydrogen-bond acceptors (Lipinski definition) is 8. The van der Waals surface area contributed by atoms with Gasteiger partial charge in [-0.25, -0.2) is 14.8 Å². The lowest BCUT2D eigenvalue weighted by Gasteiger charge is -2.31. The quantitative estimate of drug-likeness (QED) is 0.167. The van der Waals surface area contributed by atoms with Crippen LogP contribution in [0.5, 0.6) is 5.75 Å². The first-order chi connectivity index (χ1) is 24.8. The van der Waals surface area contributed by atoms with Crippen molar-refractivity contribution in [3.05, 3.63) is 101 Å². The molecule has 1 aliphatic carbocycles. The summed E-state index contributed by atoms with van der Waals surface area (Å²) in [4.78, 5) is 38.5. The lowest BCUT2D eigenvalue weighted by atomic mass is 9.94. The number of ether oxygens (including phenoxy) is 2. The minimum absolute atomic E-state index is 0.00673. The van der Waals surface area contributed by atoms with E-state index in [1.54, 1.807) is 32.9 Å². The minimum atomic E-state index is -4.77. The van der Waals surface area contributed by atoms with Crippen LogP contribution in [0.25, 0.3) is 21.3 Å². The van der Waals surface area contributed by atoms with Gasteiger partial charge in [0.2, 0.25) is 0 Å². The Morgan fingerprint density at radius 1 is 0.885 bits per heavy atom. The number of hydrogen-bond donors (Lipinski definition) is 1. The molecule has 270 valence electrons. The third-order valence-corrected chi connectivity index (χ3v) is 10.2. The summed E-state index contributed by atoms with van der Waals surface area (Å²) >= 11 is 1.39. The van der Waals surface area contributed by atoms with Gasteiger partial charge in [0, 0.05) is 29.8 Å². The average molecular weight is 729 g/mol. The summed E-state index contributed by atoms with van der Waals surface area (Å²) in [7, 11) is 0. The molecule has 1 saturated carbocycles. The Labute approximate surface area is 304 Å². The van der Waals surface area contributed by atoms with Crippen LogP contribution in [-0.2, 0) is 23.9 Å². The fraction of sp³-hybridized carbons (Fsp3) is 0.350. The monoisotopic (exact) mass is 728 g/mol. The predicted molar refractivity (Wildman–Crippen MR) is 196 cm³/mol. The number of benzene rings is 3. The number of aromatic nitrogens is 2. The van der Waals surface area contributed by atoms with Gasteiger partial charge in [0.25, 0.3) is 5.91 Å². The molecule has 1 aliphatic heterocycles. The summed E-state index contributed by atoms with van der Waals surface area (Å²) in [5.41, 5.74) is 0.744. The van der Waals surface area contributed by atoms with Crippen LogP contribution in [0.3, 0.4) is 0 Å². The zero-order valence-corrected chi connectivity index (χ0v) is 30.0. The molecule has 0 spiro atoms. The molecule has 0 saturated heterocycles. The number of alkyl halides is 3. The van der Waals surface area contributed by atoms with Gasteiger partial charge >= 0.3 is 12.1 Å². The lowest BCUT2D eigenvalue weighted by molar-refractivity contribution is -0.138. The maximum Gasteiger partial charge on any atom is 0.420 e. The third-order valence-electron chi connectivity index (χ3n) is 9.27. The second-order valence-electron chi connectivity index (χ2n) is 14.2. The molecule has 1 N–H and O–H groups in total. The summed E-state index contributed by atoms with van der Waals surface area (Å²) in [5, 5.41) is 3.43. The lowest BCUT2D eigenvalue weighted by Crippen LogP contribution is -2.33. The van der Waals surface area contributed by atoms with Crippen molar-refractivity contribution in [2.24, 2.45) is 0 Å². The van der Waals surface area contributed by atoms with E-state index in [9.17, 15) is 22.8 Å². The summed E-state index contributed by atoms with van der Waals surface area (Å²) in [6, 6.07) is 20.5. The number of nitrogens with one attached hydrogen (secondary N) is 1. The molecule has 8 nitrogen and oxygen atoms in total. The van der Waals surface area contributed by atoms with Crippen LogP contribution >= 0.6 is 11.3 Å². The minimum Gasteiger partial charge on any atom is -0.490 e. The van der Waals surface area contributed by atoms with Crippen molar-refractivity contribution in [1.82, 2.24) is 9.97 Å². The number of rotatable bonds is 7. The number of para-hydroxylation sites is 1. The van der Waals surface area contributed by atoms with Gasteiger partial charge in [-0.1, -0.05) is 54.2 Å². The first-order valence-electron chi connectivity index (χ1n) is 17.5. The number of amides is 1. The standard InChI is InChI=1S/C40H39F3N4O4S/c1-39(2,3)51-37(49)35-27(26-14-10-17-31(34(26)40(41,42)43)50-25-12-5-4-6-13-25)19-20-33(45-35)47-22-21-24-11-9-15-28(29(24)23-47)36(48)46-38-44-30-16-7-8-18-32(30)52-38/h7-11,14-20,25H,4-6,12-13,21-23H2,1-3H3,(H,44,46,48). The number of pyridine rings is 1. The van der Waals surface area contributed by atoms with Crippen molar-refractivity contribution in [3.8, 4) is 16.9 Å². The van der Waals surface area contributed by atoms with E-state index in [-0.39, 0.29) is 41.1 Å². The van der Waals surface area contributed by atoms with Gasteiger partial charge < -0.3 is 14.4 Å². The maximum atomic E-state index is 14.9. The van der Waals surface area contributed by atoms with Crippen LogP contribution in [0.4, 0.5) is 24.1 Å². The number of carbonyl (C=O) groups excluding carboxylic acids is 2. The van der Waals surface area contributed by atoms with E-state index in [2.05, 4.69) is 10.3 Å². The molecule has 0 radical (unpaired) electrons. The van der Waals surface area contributed by atoms with E-state index in [4.69, 9.17) is 14.5 Å². The highest BCUT2D eigenvalue weighted by Crippen LogP contribution is 2.45. The molecule has 2 aliphatic rings. The molecule has 5 aromatic rings. The van der Waals surface area contributed by atoms with Crippen molar-refractivity contribution in [3.63, 3.8) is 0 Å². The number of esters is 1. The van der Waals surface area contributed by atoms with Crippen LogP contribution in [0.15, 0.2) is 72.8 Å². The Bertz CT molecular complexity index is 2100. The molecule has 2 aromatic heterocycles. The summed E-state index contributed by atoms with van der Waals surface area (Å²) in [6.45, 7) is 5.87. The first-order valence-corrected chi connectivity index (χ1v) is 18.3. The molecule has 0 unspecified atom stereocenters. The Balaban J connectivity index is 1.24. The van der Waals surface area contributed by atoms with Crippen molar-refractivity contribution in [1.29, 1.82) is 0 Å². The predicted octanol–water partition coefficient (Wildman–Crippen LogP) is 9.86. The molecule has 0 atom stereocenters. The summed E-state index contributed by atoms with van der Waals surface area (Å²) in [5.74, 6) is -1.03. The maximum absolute atomic E-state index is 14.9. The van der Waals surface area contributed by atoms with E-state index in [1.165, 1.54) is 35.6 Å². The van der Waals surface area contributed by atoms with Gasteiger partial charge in [-0.3, -0.25) is 10.1 Å². The zero-order chi connectivity index (χ0) is 36.6. The van der Waals surface area contributed by atoms with Crippen molar-refractivity contribution < 1.29 is 32.2 Å². The van der Waals surface area contributed by atoms with Crippen LogP contribution < -0.4 is 15.0 Å². The largest absolute Gasteiger partial charge is 0.490 e. The van der Waals surface area contributed by atoms with Crippen molar-refractivity contribution in [2.45, 2.75) is 83.7 Å². The molecule has 7 rings (SSSR count). The zero-order valence-electron chi connectivity index (χ0n) is 29.2. The molecule has 3 heterocycles. The third kappa shape index (κ3) is 7.62. The molecule has 52 heavy (non-hydrogen) atoms. The van der Waals surface area contributed by atoms with Gasteiger partial charge in [-0.2, -0.15) is 13.2 Å². The molecular formula is C40H39F3N4O4S. The van der Waals surface area contributed by atoms with E-state index in [0.29, 0.717) is 42.3 Å². The number of thiazole rings is 1. The van der Waals surface area contributed by atoms with Crippen LogP contribution in [0, 0.1) is 0 Å². The molecule has 1 amide bonds. The average Bonchev–Trinajstić information content (AvgIpc) is 3.52. The Morgan fingerprint density at radius 2 is 1.65 bits per heavy atom. The molecular weight excluding hydrogens is 690 g/mol.